The average Bonchev–Trinajstić information content (AvgIpc) is 2.96. The normalized spacial score (nSPS) is 10.8. The fourth-order valence-electron chi connectivity index (χ4n) is 1.65. The maximum absolute atomic E-state index is 10.6. The Kier molecular flexibility index (Phi) is 1.94. The summed E-state index contributed by atoms with van der Waals surface area (Å²) < 4.78 is 4.96. The number of nitrogens with zero attached hydrogens (tertiary/aromatic N) is 2. The van der Waals surface area contributed by atoms with E-state index in [4.69, 9.17) is 4.42 Å². The molecule has 0 atom stereocenters. The number of nitro groups is 1. The molecule has 0 amide bonds. The molecule has 2 heterocycles. The molecule has 0 aliphatic carbocycles. The van der Waals surface area contributed by atoms with Crippen LogP contribution in [0.15, 0.2) is 41.2 Å². The third-order valence-corrected chi connectivity index (χ3v) is 2.47. The third kappa shape index (κ3) is 1.55. The topological polar surface area (TPSA) is 85.0 Å². The zero-order valence-corrected chi connectivity index (χ0v) is 8.58. The Morgan fingerprint density at radius 1 is 1.35 bits per heavy atom. The minimum Gasteiger partial charge on any atom is -0.472 e. The minimum absolute atomic E-state index is 0.0416. The Hall–Kier alpha value is -2.63. The number of H-pyrrole nitrogens is 1. The van der Waals surface area contributed by atoms with Crippen LogP contribution >= 0.6 is 0 Å². The van der Waals surface area contributed by atoms with E-state index in [0.29, 0.717) is 16.9 Å². The van der Waals surface area contributed by atoms with Gasteiger partial charge in [0.05, 0.1) is 27.8 Å². The number of benzene rings is 1. The number of nitro benzene ring substituents is 1. The van der Waals surface area contributed by atoms with Crippen molar-refractivity contribution in [2.75, 3.05) is 0 Å². The summed E-state index contributed by atoms with van der Waals surface area (Å²) in [4.78, 5) is 17.5. The Balaban J connectivity index is 2.16. The van der Waals surface area contributed by atoms with Gasteiger partial charge in [0.25, 0.3) is 5.69 Å². The lowest BCUT2D eigenvalue weighted by Gasteiger charge is -1.89. The van der Waals surface area contributed by atoms with Crippen LogP contribution < -0.4 is 0 Å². The summed E-state index contributed by atoms with van der Waals surface area (Å²) in [7, 11) is 0. The quantitative estimate of drug-likeness (QED) is 0.540. The van der Waals surface area contributed by atoms with Crippen molar-refractivity contribution in [1.29, 1.82) is 0 Å². The fourth-order valence-corrected chi connectivity index (χ4v) is 1.65. The van der Waals surface area contributed by atoms with Crippen LogP contribution in [0, 0.1) is 10.1 Å². The van der Waals surface area contributed by atoms with E-state index in [1.807, 2.05) is 0 Å². The number of furan rings is 1. The lowest BCUT2D eigenvalue weighted by atomic mass is 10.3. The van der Waals surface area contributed by atoms with Crippen molar-refractivity contribution in [3.05, 3.63) is 46.9 Å². The Morgan fingerprint density at radius 2 is 2.24 bits per heavy atom. The molecule has 0 saturated carbocycles. The predicted octanol–water partition coefficient (Wildman–Crippen LogP) is 2.73. The third-order valence-electron chi connectivity index (χ3n) is 2.47. The average molecular weight is 229 g/mol. The molecule has 0 aliphatic heterocycles. The molecular formula is C11H7N3O3. The first kappa shape index (κ1) is 9.59. The molecule has 0 bridgehead atoms. The van der Waals surface area contributed by atoms with Gasteiger partial charge in [0.15, 0.2) is 0 Å². The van der Waals surface area contributed by atoms with Crippen LogP contribution in [0.5, 0.6) is 0 Å². The summed E-state index contributed by atoms with van der Waals surface area (Å²) in [6.45, 7) is 0. The van der Waals surface area contributed by atoms with Crippen LogP contribution in [-0.4, -0.2) is 14.9 Å². The molecule has 0 saturated heterocycles. The second-order valence-electron chi connectivity index (χ2n) is 3.56. The zero-order chi connectivity index (χ0) is 11.8. The van der Waals surface area contributed by atoms with Crippen LogP contribution in [-0.2, 0) is 0 Å². The van der Waals surface area contributed by atoms with Crippen molar-refractivity contribution in [2.24, 2.45) is 0 Å². The van der Waals surface area contributed by atoms with Crippen molar-refractivity contribution in [1.82, 2.24) is 9.97 Å². The Morgan fingerprint density at radius 3 is 2.94 bits per heavy atom. The van der Waals surface area contributed by atoms with Gasteiger partial charge < -0.3 is 9.40 Å². The highest BCUT2D eigenvalue weighted by Crippen LogP contribution is 2.23. The SMILES string of the molecule is O=[N+]([O-])c1ccc2nc(-c3ccoc3)[nH]c2c1. The van der Waals surface area contributed by atoms with Crippen molar-refractivity contribution in [3.63, 3.8) is 0 Å². The number of aromatic amines is 1. The van der Waals surface area contributed by atoms with E-state index in [-0.39, 0.29) is 5.69 Å². The van der Waals surface area contributed by atoms with Crippen LogP contribution in [0.2, 0.25) is 0 Å². The lowest BCUT2D eigenvalue weighted by Crippen LogP contribution is -1.86. The molecule has 0 spiro atoms. The highest BCUT2D eigenvalue weighted by atomic mass is 16.6. The smallest absolute Gasteiger partial charge is 0.271 e. The lowest BCUT2D eigenvalue weighted by molar-refractivity contribution is -0.384. The van der Waals surface area contributed by atoms with Gasteiger partial charge in [-0.2, -0.15) is 0 Å². The molecule has 1 N–H and O–H groups in total. The maximum atomic E-state index is 10.6. The van der Waals surface area contributed by atoms with E-state index in [0.717, 1.165) is 5.56 Å². The fraction of sp³-hybridized carbons (Fsp3) is 0. The van der Waals surface area contributed by atoms with Gasteiger partial charge in [0.2, 0.25) is 0 Å². The van der Waals surface area contributed by atoms with E-state index in [1.165, 1.54) is 12.1 Å². The number of nitrogens with one attached hydrogen (secondary N) is 1. The first-order valence-corrected chi connectivity index (χ1v) is 4.91. The molecule has 0 radical (unpaired) electrons. The number of rotatable bonds is 2. The molecule has 84 valence electrons. The van der Waals surface area contributed by atoms with Gasteiger partial charge in [-0.3, -0.25) is 10.1 Å². The van der Waals surface area contributed by atoms with E-state index in [2.05, 4.69) is 9.97 Å². The van der Waals surface area contributed by atoms with Gasteiger partial charge in [-0.15, -0.1) is 0 Å². The number of aromatic nitrogens is 2. The molecule has 17 heavy (non-hydrogen) atoms. The van der Waals surface area contributed by atoms with Gasteiger partial charge in [0.1, 0.15) is 12.1 Å². The molecule has 6 nitrogen and oxygen atoms in total. The highest BCUT2D eigenvalue weighted by Gasteiger charge is 2.10. The first-order chi connectivity index (χ1) is 8.24. The molecular weight excluding hydrogens is 222 g/mol. The predicted molar refractivity (Wildman–Crippen MR) is 60.5 cm³/mol. The van der Waals surface area contributed by atoms with Gasteiger partial charge in [-0.25, -0.2) is 4.98 Å². The van der Waals surface area contributed by atoms with E-state index in [1.54, 1.807) is 24.7 Å². The largest absolute Gasteiger partial charge is 0.472 e. The summed E-state index contributed by atoms with van der Waals surface area (Å²) in [5.41, 5.74) is 2.17. The first-order valence-electron chi connectivity index (χ1n) is 4.91. The number of fused-ring (bicyclic) bond motifs is 1. The molecule has 6 heteroatoms. The Bertz CT molecular complexity index is 685. The van der Waals surface area contributed by atoms with Gasteiger partial charge in [-0.1, -0.05) is 0 Å². The van der Waals surface area contributed by atoms with Gasteiger partial charge >= 0.3 is 0 Å². The molecule has 3 aromatic rings. The second kappa shape index (κ2) is 3.44. The van der Waals surface area contributed by atoms with Gasteiger partial charge in [-0.05, 0) is 12.1 Å². The van der Waals surface area contributed by atoms with E-state index in [9.17, 15) is 10.1 Å². The standard InChI is InChI=1S/C11H7N3O3/c15-14(16)8-1-2-9-10(5-8)13-11(12-9)7-3-4-17-6-7/h1-6H,(H,12,13). The molecule has 0 fully saturated rings. The summed E-state index contributed by atoms with van der Waals surface area (Å²) >= 11 is 0. The molecule has 2 aromatic heterocycles. The van der Waals surface area contributed by atoms with E-state index < -0.39 is 4.92 Å². The summed E-state index contributed by atoms with van der Waals surface area (Å²) in [6, 6.07) is 6.29. The summed E-state index contributed by atoms with van der Waals surface area (Å²) in [6.07, 6.45) is 3.11. The molecule has 3 rings (SSSR count). The Labute approximate surface area is 95.0 Å². The molecule has 1 aromatic carbocycles. The van der Waals surface area contributed by atoms with E-state index >= 15 is 0 Å². The molecule has 0 aliphatic rings. The van der Waals surface area contributed by atoms with Crippen LogP contribution in [0.4, 0.5) is 5.69 Å². The van der Waals surface area contributed by atoms with Crippen molar-refractivity contribution < 1.29 is 9.34 Å². The van der Waals surface area contributed by atoms with Crippen LogP contribution in [0.1, 0.15) is 0 Å². The summed E-state index contributed by atoms with van der Waals surface area (Å²) in [5, 5.41) is 10.6. The maximum Gasteiger partial charge on any atom is 0.271 e. The zero-order valence-electron chi connectivity index (χ0n) is 8.58. The second-order valence-corrected chi connectivity index (χ2v) is 3.56. The van der Waals surface area contributed by atoms with Crippen molar-refractivity contribution in [3.8, 4) is 11.4 Å². The number of hydrogen-bond acceptors (Lipinski definition) is 4. The highest BCUT2D eigenvalue weighted by molar-refractivity contribution is 5.81. The van der Waals surface area contributed by atoms with Crippen molar-refractivity contribution in [2.45, 2.75) is 0 Å². The van der Waals surface area contributed by atoms with Crippen LogP contribution in [0.25, 0.3) is 22.4 Å². The van der Waals surface area contributed by atoms with Crippen LogP contribution in [0.3, 0.4) is 0 Å². The van der Waals surface area contributed by atoms with Gasteiger partial charge in [0, 0.05) is 12.1 Å². The minimum atomic E-state index is -0.433. The summed E-state index contributed by atoms with van der Waals surface area (Å²) in [5.74, 6) is 0.634. The monoisotopic (exact) mass is 229 g/mol. The molecule has 0 unspecified atom stereocenters. The number of non-ortho nitro benzene ring substituents is 1. The van der Waals surface area contributed by atoms with Crippen molar-refractivity contribution >= 4 is 16.7 Å². The number of imidazole rings is 1. The number of hydrogen-bond donors (Lipinski definition) is 1.